The highest BCUT2D eigenvalue weighted by Crippen LogP contribution is 2.46. The van der Waals surface area contributed by atoms with E-state index in [1.807, 2.05) is 31.5 Å². The molecule has 6 heteroatoms. The van der Waals surface area contributed by atoms with Crippen LogP contribution in [0.4, 0.5) is 0 Å². The highest BCUT2D eigenvalue weighted by Gasteiger charge is 2.22. The summed E-state index contributed by atoms with van der Waals surface area (Å²) in [6.45, 7) is 3.83. The Bertz CT molecular complexity index is 860. The maximum Gasteiger partial charge on any atom is 0.156 e. The molecule has 0 aliphatic rings. The second-order valence-corrected chi connectivity index (χ2v) is 6.99. The molecule has 0 spiro atoms. The Morgan fingerprint density at radius 1 is 1.05 bits per heavy atom. The molecule has 0 unspecified atom stereocenters. The molecule has 0 fully saturated rings. The Kier molecular flexibility index (Phi) is 4.25. The molecule has 0 bridgehead atoms. The number of thiophene rings is 1. The van der Waals surface area contributed by atoms with Crippen molar-refractivity contribution < 1.29 is 4.74 Å². The quantitative estimate of drug-likeness (QED) is 0.509. The first-order valence-electron chi connectivity index (χ1n) is 6.51. The highest BCUT2D eigenvalue weighted by molar-refractivity contribution is 7.17. The number of halogens is 3. The summed E-state index contributed by atoms with van der Waals surface area (Å²) in [5.41, 5.74) is 3.25. The van der Waals surface area contributed by atoms with Crippen LogP contribution in [0.15, 0.2) is 17.6 Å². The fraction of sp³-hybridized carbons (Fsp3) is 0.188. The summed E-state index contributed by atoms with van der Waals surface area (Å²) >= 11 is 21.0. The van der Waals surface area contributed by atoms with Gasteiger partial charge in [0.05, 0.1) is 32.6 Å². The standard InChI is InChI=1S/C16H12Cl3NOS/c1-7-11(8(2)13(18)16(21-3)12(7)17)15-14(19)9-4-5-22-10(9)6-20-15/h4-6H,1-3H3. The van der Waals surface area contributed by atoms with Gasteiger partial charge in [-0.05, 0) is 36.4 Å². The van der Waals surface area contributed by atoms with Crippen molar-refractivity contribution in [2.45, 2.75) is 13.8 Å². The maximum atomic E-state index is 6.57. The van der Waals surface area contributed by atoms with Crippen LogP contribution in [0.1, 0.15) is 11.1 Å². The molecule has 1 aromatic carbocycles. The van der Waals surface area contributed by atoms with Crippen molar-refractivity contribution in [1.29, 1.82) is 0 Å². The summed E-state index contributed by atoms with van der Waals surface area (Å²) in [4.78, 5) is 4.53. The van der Waals surface area contributed by atoms with Gasteiger partial charge in [0.25, 0.3) is 0 Å². The van der Waals surface area contributed by atoms with Crippen LogP contribution in [0.25, 0.3) is 21.3 Å². The van der Waals surface area contributed by atoms with E-state index in [1.54, 1.807) is 18.4 Å². The molecule has 0 aliphatic carbocycles. The molecule has 0 amide bonds. The van der Waals surface area contributed by atoms with Crippen LogP contribution < -0.4 is 4.74 Å². The molecular formula is C16H12Cl3NOS. The zero-order valence-electron chi connectivity index (χ0n) is 12.1. The molecule has 114 valence electrons. The lowest BCUT2D eigenvalue weighted by Crippen LogP contribution is -1.98. The van der Waals surface area contributed by atoms with Crippen molar-refractivity contribution in [1.82, 2.24) is 4.98 Å². The number of benzene rings is 1. The number of hydrogen-bond donors (Lipinski definition) is 0. The second kappa shape index (κ2) is 5.89. The van der Waals surface area contributed by atoms with Gasteiger partial charge in [0.15, 0.2) is 5.75 Å². The second-order valence-electron chi connectivity index (χ2n) is 4.91. The number of pyridine rings is 1. The predicted octanol–water partition coefficient (Wildman–Crippen LogP) is 6.55. The third-order valence-electron chi connectivity index (χ3n) is 3.70. The van der Waals surface area contributed by atoms with Crippen LogP contribution >= 0.6 is 46.1 Å². The molecule has 2 heterocycles. The smallest absolute Gasteiger partial charge is 0.156 e. The van der Waals surface area contributed by atoms with E-state index in [-0.39, 0.29) is 0 Å². The van der Waals surface area contributed by atoms with Crippen LogP contribution in [0.5, 0.6) is 5.75 Å². The van der Waals surface area contributed by atoms with Crippen molar-refractivity contribution in [3.8, 4) is 17.0 Å². The number of ether oxygens (including phenoxy) is 1. The number of nitrogens with zero attached hydrogens (tertiary/aromatic N) is 1. The van der Waals surface area contributed by atoms with E-state index in [2.05, 4.69) is 4.98 Å². The molecule has 0 saturated heterocycles. The van der Waals surface area contributed by atoms with Gasteiger partial charge in [-0.15, -0.1) is 11.3 Å². The minimum atomic E-state index is 0.481. The van der Waals surface area contributed by atoms with Gasteiger partial charge in [0.1, 0.15) is 0 Å². The lowest BCUT2D eigenvalue weighted by atomic mass is 9.98. The van der Waals surface area contributed by atoms with Crippen LogP contribution in [-0.4, -0.2) is 12.1 Å². The van der Waals surface area contributed by atoms with Gasteiger partial charge in [-0.3, -0.25) is 4.98 Å². The summed E-state index contributed by atoms with van der Waals surface area (Å²) in [7, 11) is 1.55. The summed E-state index contributed by atoms with van der Waals surface area (Å²) in [5.74, 6) is 0.481. The molecule has 22 heavy (non-hydrogen) atoms. The first-order valence-corrected chi connectivity index (χ1v) is 8.53. The molecule has 0 saturated carbocycles. The molecule has 0 radical (unpaired) electrons. The molecule has 0 atom stereocenters. The maximum absolute atomic E-state index is 6.57. The average molecular weight is 373 g/mol. The number of hydrogen-bond acceptors (Lipinski definition) is 3. The van der Waals surface area contributed by atoms with E-state index < -0.39 is 0 Å². The van der Waals surface area contributed by atoms with E-state index in [1.165, 1.54) is 0 Å². The van der Waals surface area contributed by atoms with E-state index in [0.29, 0.717) is 26.5 Å². The predicted molar refractivity (Wildman–Crippen MR) is 96.1 cm³/mol. The van der Waals surface area contributed by atoms with Gasteiger partial charge < -0.3 is 4.74 Å². The zero-order valence-corrected chi connectivity index (χ0v) is 15.2. The van der Waals surface area contributed by atoms with Gasteiger partial charge in [-0.2, -0.15) is 0 Å². The lowest BCUT2D eigenvalue weighted by molar-refractivity contribution is 0.414. The monoisotopic (exact) mass is 371 g/mol. The Labute approximate surface area is 147 Å². The zero-order chi connectivity index (χ0) is 16.0. The molecule has 0 N–H and O–H groups in total. The largest absolute Gasteiger partial charge is 0.494 e. The van der Waals surface area contributed by atoms with Crippen LogP contribution in [-0.2, 0) is 0 Å². The topological polar surface area (TPSA) is 22.1 Å². The molecule has 2 nitrogen and oxygen atoms in total. The number of fused-ring (bicyclic) bond motifs is 1. The summed E-state index contributed by atoms with van der Waals surface area (Å²) < 4.78 is 6.35. The van der Waals surface area contributed by atoms with Crippen LogP contribution in [0, 0.1) is 13.8 Å². The van der Waals surface area contributed by atoms with Crippen molar-refractivity contribution in [3.05, 3.63) is 43.8 Å². The lowest BCUT2D eigenvalue weighted by Gasteiger charge is -2.17. The summed E-state index contributed by atoms with van der Waals surface area (Å²) in [5, 5.41) is 4.56. The fourth-order valence-corrected chi connectivity index (χ4v) is 4.26. The van der Waals surface area contributed by atoms with Crippen molar-refractivity contribution in [3.63, 3.8) is 0 Å². The van der Waals surface area contributed by atoms with Gasteiger partial charge in [0.2, 0.25) is 0 Å². The first kappa shape index (κ1) is 15.9. The first-order chi connectivity index (χ1) is 10.5. The van der Waals surface area contributed by atoms with E-state index >= 15 is 0 Å². The fourth-order valence-electron chi connectivity index (χ4n) is 2.56. The van der Waals surface area contributed by atoms with Crippen LogP contribution in [0.3, 0.4) is 0 Å². The van der Waals surface area contributed by atoms with E-state index in [9.17, 15) is 0 Å². The Hall–Kier alpha value is -1.000. The molecule has 3 rings (SSSR count). The normalized spacial score (nSPS) is 11.2. The number of aromatic nitrogens is 1. The Balaban J connectivity index is 2.38. The van der Waals surface area contributed by atoms with Gasteiger partial charge in [-0.25, -0.2) is 0 Å². The number of rotatable bonds is 2. The minimum Gasteiger partial charge on any atom is -0.494 e. The summed E-state index contributed by atoms with van der Waals surface area (Å²) in [6, 6.07) is 1.99. The van der Waals surface area contributed by atoms with Gasteiger partial charge >= 0.3 is 0 Å². The highest BCUT2D eigenvalue weighted by atomic mass is 35.5. The summed E-state index contributed by atoms with van der Waals surface area (Å²) in [6.07, 6.45) is 1.83. The number of methoxy groups -OCH3 is 1. The van der Waals surface area contributed by atoms with Gasteiger partial charge in [0, 0.05) is 17.1 Å². The van der Waals surface area contributed by atoms with E-state index in [4.69, 9.17) is 39.5 Å². The average Bonchev–Trinajstić information content (AvgIpc) is 2.98. The Morgan fingerprint density at radius 2 is 1.68 bits per heavy atom. The minimum absolute atomic E-state index is 0.481. The third kappa shape index (κ3) is 2.28. The van der Waals surface area contributed by atoms with Crippen molar-refractivity contribution >= 4 is 56.2 Å². The van der Waals surface area contributed by atoms with Crippen LogP contribution in [0.2, 0.25) is 15.1 Å². The van der Waals surface area contributed by atoms with Gasteiger partial charge in [-0.1, -0.05) is 34.8 Å². The Morgan fingerprint density at radius 3 is 2.27 bits per heavy atom. The van der Waals surface area contributed by atoms with Crippen molar-refractivity contribution in [2.75, 3.05) is 7.11 Å². The molecule has 3 aromatic rings. The van der Waals surface area contributed by atoms with Crippen molar-refractivity contribution in [2.24, 2.45) is 0 Å². The van der Waals surface area contributed by atoms with E-state index in [0.717, 1.165) is 26.8 Å². The SMILES string of the molecule is COc1c(Cl)c(C)c(-c2ncc3sccc3c2Cl)c(C)c1Cl. The molecule has 0 aliphatic heterocycles. The molecular weight excluding hydrogens is 361 g/mol. The molecule has 2 aromatic heterocycles. The third-order valence-corrected chi connectivity index (χ3v) is 5.84.